The fourth-order valence-electron chi connectivity index (χ4n) is 2.34. The van der Waals surface area contributed by atoms with E-state index in [9.17, 15) is 5.11 Å². The number of aliphatic hydroxyl groups excluding tert-OH is 1. The zero-order valence-electron chi connectivity index (χ0n) is 9.91. The molecule has 88 valence electrons. The molecule has 0 amide bonds. The molecule has 3 atom stereocenters. The lowest BCUT2D eigenvalue weighted by Gasteiger charge is -2.21. The Morgan fingerprint density at radius 3 is 2.87 bits per heavy atom. The number of allylic oxidation sites excluding steroid dienone is 1. The normalized spacial score (nSPS) is 27.9. The van der Waals surface area contributed by atoms with Gasteiger partial charge in [-0.3, -0.25) is 0 Å². The van der Waals surface area contributed by atoms with Gasteiger partial charge in [0.1, 0.15) is 0 Å². The fraction of sp³-hybridized carbons (Fsp3) is 0.846. The summed E-state index contributed by atoms with van der Waals surface area (Å²) in [6, 6.07) is 0.593. The zero-order chi connectivity index (χ0) is 11.1. The van der Waals surface area contributed by atoms with Crippen molar-refractivity contribution in [2.45, 2.75) is 57.6 Å². The van der Waals surface area contributed by atoms with E-state index in [1.807, 2.05) is 6.08 Å². The first-order valence-electron chi connectivity index (χ1n) is 6.30. The highest BCUT2D eigenvalue weighted by Crippen LogP contribution is 2.24. The minimum absolute atomic E-state index is 0.0607. The quantitative estimate of drug-likeness (QED) is 0.634. The summed E-state index contributed by atoms with van der Waals surface area (Å²) in [5.41, 5.74) is 0. The Balaban J connectivity index is 2.18. The summed E-state index contributed by atoms with van der Waals surface area (Å²) in [4.78, 5) is 0. The van der Waals surface area contributed by atoms with E-state index in [4.69, 9.17) is 0 Å². The van der Waals surface area contributed by atoms with Crippen molar-refractivity contribution < 1.29 is 5.11 Å². The topological polar surface area (TPSA) is 32.3 Å². The molecule has 0 aromatic carbocycles. The summed E-state index contributed by atoms with van der Waals surface area (Å²) in [6.45, 7) is 6.95. The van der Waals surface area contributed by atoms with Crippen LogP contribution in [0.15, 0.2) is 12.7 Å². The summed E-state index contributed by atoms with van der Waals surface area (Å²) in [6.07, 6.45) is 8.71. The summed E-state index contributed by atoms with van der Waals surface area (Å²) in [7, 11) is 0. The number of rotatable bonds is 7. The van der Waals surface area contributed by atoms with E-state index in [-0.39, 0.29) is 6.10 Å². The maximum atomic E-state index is 9.69. The van der Waals surface area contributed by atoms with E-state index >= 15 is 0 Å². The van der Waals surface area contributed by atoms with Crippen LogP contribution in [0.1, 0.15) is 45.4 Å². The van der Waals surface area contributed by atoms with Crippen molar-refractivity contribution in [3.8, 4) is 0 Å². The van der Waals surface area contributed by atoms with Crippen LogP contribution < -0.4 is 5.32 Å². The molecule has 0 aromatic rings. The summed E-state index contributed by atoms with van der Waals surface area (Å²) in [5, 5.41) is 13.3. The molecule has 1 fully saturated rings. The minimum atomic E-state index is -0.0607. The van der Waals surface area contributed by atoms with Crippen molar-refractivity contribution in [1.29, 1.82) is 0 Å². The molecule has 0 spiro atoms. The third kappa shape index (κ3) is 4.35. The molecule has 0 bridgehead atoms. The van der Waals surface area contributed by atoms with Gasteiger partial charge in [0.25, 0.3) is 0 Å². The maximum Gasteiger partial charge on any atom is 0.0580 e. The van der Waals surface area contributed by atoms with E-state index in [0.717, 1.165) is 25.8 Å². The summed E-state index contributed by atoms with van der Waals surface area (Å²) in [5.74, 6) is 0.489. The predicted octanol–water partition coefficient (Wildman–Crippen LogP) is 2.48. The van der Waals surface area contributed by atoms with Crippen LogP contribution in [0, 0.1) is 5.92 Å². The largest absolute Gasteiger partial charge is 0.393 e. The van der Waals surface area contributed by atoms with E-state index in [2.05, 4.69) is 18.8 Å². The summed E-state index contributed by atoms with van der Waals surface area (Å²) >= 11 is 0. The number of hydrogen-bond acceptors (Lipinski definition) is 2. The molecule has 0 heterocycles. The maximum absolute atomic E-state index is 9.69. The van der Waals surface area contributed by atoms with Crippen LogP contribution in [-0.2, 0) is 0 Å². The number of aliphatic hydroxyl groups is 1. The Labute approximate surface area is 93.8 Å². The van der Waals surface area contributed by atoms with Crippen molar-refractivity contribution in [3.63, 3.8) is 0 Å². The lowest BCUT2D eigenvalue weighted by molar-refractivity contribution is 0.129. The van der Waals surface area contributed by atoms with Crippen LogP contribution in [0.4, 0.5) is 0 Å². The molecule has 2 nitrogen and oxygen atoms in total. The highest BCUT2D eigenvalue weighted by atomic mass is 16.3. The van der Waals surface area contributed by atoms with Gasteiger partial charge in [-0.15, -0.1) is 6.58 Å². The molecule has 2 heteroatoms. The van der Waals surface area contributed by atoms with Crippen LogP contribution in [0.3, 0.4) is 0 Å². The van der Waals surface area contributed by atoms with Crippen molar-refractivity contribution in [2.24, 2.45) is 5.92 Å². The molecule has 1 rings (SSSR count). The molecular weight excluding hydrogens is 186 g/mol. The van der Waals surface area contributed by atoms with E-state index in [0.29, 0.717) is 12.0 Å². The van der Waals surface area contributed by atoms with Crippen molar-refractivity contribution in [1.82, 2.24) is 5.32 Å². The second-order valence-corrected chi connectivity index (χ2v) is 4.64. The van der Waals surface area contributed by atoms with Crippen LogP contribution in [0.5, 0.6) is 0 Å². The molecule has 1 aliphatic rings. The molecular formula is C13H25NO. The number of nitrogens with one attached hydrogen (secondary N) is 1. The third-order valence-electron chi connectivity index (χ3n) is 3.50. The second kappa shape index (κ2) is 7.02. The van der Waals surface area contributed by atoms with E-state index in [1.54, 1.807) is 0 Å². The van der Waals surface area contributed by atoms with Gasteiger partial charge in [-0.25, -0.2) is 0 Å². The SMILES string of the molecule is C=CCC[C@H](CC)NC[C@@H]1CCC[C@H]1O. The Morgan fingerprint density at radius 1 is 1.53 bits per heavy atom. The number of hydrogen-bond donors (Lipinski definition) is 2. The zero-order valence-corrected chi connectivity index (χ0v) is 9.91. The molecule has 0 aromatic heterocycles. The average molecular weight is 211 g/mol. The second-order valence-electron chi connectivity index (χ2n) is 4.64. The van der Waals surface area contributed by atoms with Gasteiger partial charge in [-0.1, -0.05) is 19.4 Å². The first-order valence-corrected chi connectivity index (χ1v) is 6.30. The van der Waals surface area contributed by atoms with Crippen molar-refractivity contribution in [3.05, 3.63) is 12.7 Å². The van der Waals surface area contributed by atoms with Crippen LogP contribution in [0.25, 0.3) is 0 Å². The third-order valence-corrected chi connectivity index (χ3v) is 3.50. The monoisotopic (exact) mass is 211 g/mol. The van der Waals surface area contributed by atoms with Crippen LogP contribution in [0.2, 0.25) is 0 Å². The molecule has 1 saturated carbocycles. The first kappa shape index (κ1) is 12.7. The first-order chi connectivity index (χ1) is 7.27. The van der Waals surface area contributed by atoms with Gasteiger partial charge in [0, 0.05) is 12.6 Å². The highest BCUT2D eigenvalue weighted by Gasteiger charge is 2.25. The van der Waals surface area contributed by atoms with Gasteiger partial charge < -0.3 is 10.4 Å². The smallest absolute Gasteiger partial charge is 0.0580 e. The Kier molecular flexibility index (Phi) is 5.96. The van der Waals surface area contributed by atoms with E-state index in [1.165, 1.54) is 19.3 Å². The molecule has 0 aliphatic heterocycles. The molecule has 15 heavy (non-hydrogen) atoms. The minimum Gasteiger partial charge on any atom is -0.393 e. The van der Waals surface area contributed by atoms with Crippen LogP contribution >= 0.6 is 0 Å². The Hall–Kier alpha value is -0.340. The van der Waals surface area contributed by atoms with Gasteiger partial charge >= 0.3 is 0 Å². The van der Waals surface area contributed by atoms with E-state index < -0.39 is 0 Å². The van der Waals surface area contributed by atoms with Gasteiger partial charge in [-0.2, -0.15) is 0 Å². The van der Waals surface area contributed by atoms with Crippen LogP contribution in [-0.4, -0.2) is 23.8 Å². The lowest BCUT2D eigenvalue weighted by atomic mass is 10.0. The molecule has 2 N–H and O–H groups in total. The summed E-state index contributed by atoms with van der Waals surface area (Å²) < 4.78 is 0. The van der Waals surface area contributed by atoms with Gasteiger partial charge in [0.15, 0.2) is 0 Å². The molecule has 0 unspecified atom stereocenters. The fourth-order valence-corrected chi connectivity index (χ4v) is 2.34. The van der Waals surface area contributed by atoms with Gasteiger partial charge in [-0.05, 0) is 38.0 Å². The van der Waals surface area contributed by atoms with Crippen molar-refractivity contribution in [2.75, 3.05) is 6.54 Å². The van der Waals surface area contributed by atoms with Crippen molar-refractivity contribution >= 4 is 0 Å². The Morgan fingerprint density at radius 2 is 2.33 bits per heavy atom. The predicted molar refractivity (Wildman–Crippen MR) is 64.9 cm³/mol. The van der Waals surface area contributed by atoms with Gasteiger partial charge in [0.05, 0.1) is 6.10 Å². The highest BCUT2D eigenvalue weighted by molar-refractivity contribution is 4.80. The molecule has 0 saturated heterocycles. The lowest BCUT2D eigenvalue weighted by Crippen LogP contribution is -2.35. The molecule has 1 aliphatic carbocycles. The standard InChI is InChI=1S/C13H25NO/c1-3-5-8-12(4-2)14-10-11-7-6-9-13(11)15/h3,11-15H,1,4-10H2,2H3/t11-,12-,13+/m0/s1. The Bertz CT molecular complexity index is 181. The van der Waals surface area contributed by atoms with Gasteiger partial charge in [0.2, 0.25) is 0 Å². The molecule has 0 radical (unpaired) electrons. The average Bonchev–Trinajstić information content (AvgIpc) is 2.65.